The molecule has 23 heavy (non-hydrogen) atoms. The second kappa shape index (κ2) is 7.58. The molecular weight excluding hydrogens is 290 g/mol. The minimum Gasteiger partial charge on any atom is -0.481 e. The first-order chi connectivity index (χ1) is 11.0. The Balaban J connectivity index is 2.09. The predicted octanol–water partition coefficient (Wildman–Crippen LogP) is 4.15. The molecule has 4 nitrogen and oxygen atoms in total. The van der Waals surface area contributed by atoms with Crippen molar-refractivity contribution in [1.82, 2.24) is 0 Å². The van der Waals surface area contributed by atoms with Crippen molar-refractivity contribution in [3.05, 3.63) is 65.7 Å². The molecule has 0 bridgehead atoms. The van der Waals surface area contributed by atoms with Gasteiger partial charge in [0.25, 0.3) is 5.91 Å². The smallest absolute Gasteiger partial charge is 0.310 e. The summed E-state index contributed by atoms with van der Waals surface area (Å²) in [6.45, 7) is 4.01. The molecule has 2 rings (SSSR count). The van der Waals surface area contributed by atoms with Gasteiger partial charge >= 0.3 is 5.97 Å². The molecule has 2 N–H and O–H groups in total. The quantitative estimate of drug-likeness (QED) is 0.842. The Morgan fingerprint density at radius 2 is 1.61 bits per heavy atom. The topological polar surface area (TPSA) is 66.4 Å². The Hall–Kier alpha value is -2.62. The fraction of sp³-hybridized carbons (Fsp3) is 0.263. The van der Waals surface area contributed by atoms with Crippen molar-refractivity contribution in [2.75, 3.05) is 5.32 Å². The van der Waals surface area contributed by atoms with Crippen LogP contribution in [0.2, 0.25) is 0 Å². The Kier molecular flexibility index (Phi) is 5.52. The van der Waals surface area contributed by atoms with Gasteiger partial charge in [0.1, 0.15) is 0 Å². The lowest BCUT2D eigenvalue weighted by atomic mass is 9.90. The first-order valence-electron chi connectivity index (χ1n) is 7.66. The molecule has 2 aromatic rings. The molecule has 0 fully saturated rings. The van der Waals surface area contributed by atoms with Crippen LogP contribution in [0.25, 0.3) is 0 Å². The van der Waals surface area contributed by atoms with Crippen molar-refractivity contribution in [2.24, 2.45) is 5.92 Å². The van der Waals surface area contributed by atoms with E-state index < -0.39 is 11.9 Å². The van der Waals surface area contributed by atoms with Crippen LogP contribution in [0.15, 0.2) is 54.6 Å². The SMILES string of the molecule is CC(C)CC(C(=O)O)c1ccc(NC(=O)c2ccccc2)cc1. The summed E-state index contributed by atoms with van der Waals surface area (Å²) in [5, 5.41) is 12.2. The Morgan fingerprint density at radius 3 is 2.13 bits per heavy atom. The third kappa shape index (κ3) is 4.68. The lowest BCUT2D eigenvalue weighted by Crippen LogP contribution is -2.15. The highest BCUT2D eigenvalue weighted by Crippen LogP contribution is 2.25. The van der Waals surface area contributed by atoms with Crippen LogP contribution in [0, 0.1) is 5.92 Å². The zero-order valence-corrected chi connectivity index (χ0v) is 13.3. The van der Waals surface area contributed by atoms with Gasteiger partial charge < -0.3 is 10.4 Å². The zero-order valence-electron chi connectivity index (χ0n) is 13.3. The van der Waals surface area contributed by atoms with E-state index in [4.69, 9.17) is 0 Å². The summed E-state index contributed by atoms with van der Waals surface area (Å²) >= 11 is 0. The van der Waals surface area contributed by atoms with Gasteiger partial charge in [-0.15, -0.1) is 0 Å². The summed E-state index contributed by atoms with van der Waals surface area (Å²) in [5.41, 5.74) is 1.99. The van der Waals surface area contributed by atoms with Crippen molar-refractivity contribution in [3.63, 3.8) is 0 Å². The molecule has 120 valence electrons. The first-order valence-corrected chi connectivity index (χ1v) is 7.66. The molecular formula is C19H21NO3. The summed E-state index contributed by atoms with van der Waals surface area (Å²) in [6, 6.07) is 16.0. The molecule has 0 aliphatic heterocycles. The molecule has 0 heterocycles. The number of anilines is 1. The van der Waals surface area contributed by atoms with Crippen LogP contribution in [0.3, 0.4) is 0 Å². The van der Waals surface area contributed by atoms with Gasteiger partial charge in [-0.1, -0.05) is 44.2 Å². The average molecular weight is 311 g/mol. The van der Waals surface area contributed by atoms with Crippen LogP contribution in [-0.4, -0.2) is 17.0 Å². The van der Waals surface area contributed by atoms with Crippen molar-refractivity contribution in [1.29, 1.82) is 0 Å². The highest BCUT2D eigenvalue weighted by Gasteiger charge is 2.21. The molecule has 2 aromatic carbocycles. The van der Waals surface area contributed by atoms with Gasteiger partial charge in [-0.2, -0.15) is 0 Å². The van der Waals surface area contributed by atoms with Crippen molar-refractivity contribution in [2.45, 2.75) is 26.2 Å². The summed E-state index contributed by atoms with van der Waals surface area (Å²) < 4.78 is 0. The largest absolute Gasteiger partial charge is 0.481 e. The fourth-order valence-electron chi connectivity index (χ4n) is 2.44. The van der Waals surface area contributed by atoms with Crippen molar-refractivity contribution < 1.29 is 14.7 Å². The van der Waals surface area contributed by atoms with Gasteiger partial charge in [0, 0.05) is 11.3 Å². The van der Waals surface area contributed by atoms with Crippen LogP contribution >= 0.6 is 0 Å². The number of benzene rings is 2. The maximum absolute atomic E-state index is 12.1. The average Bonchev–Trinajstić information content (AvgIpc) is 2.54. The molecule has 1 amide bonds. The standard InChI is InChI=1S/C19H21NO3/c1-13(2)12-17(19(22)23)14-8-10-16(11-9-14)20-18(21)15-6-4-3-5-7-15/h3-11,13,17H,12H2,1-2H3,(H,20,21)(H,22,23). The Bertz CT molecular complexity index is 663. The number of hydrogen-bond acceptors (Lipinski definition) is 2. The maximum atomic E-state index is 12.1. The van der Waals surface area contributed by atoms with Crippen molar-refractivity contribution in [3.8, 4) is 0 Å². The van der Waals surface area contributed by atoms with Gasteiger partial charge in [-0.05, 0) is 42.2 Å². The van der Waals surface area contributed by atoms with Gasteiger partial charge in [0.15, 0.2) is 0 Å². The number of aliphatic carboxylic acids is 1. The monoisotopic (exact) mass is 311 g/mol. The van der Waals surface area contributed by atoms with Crippen LogP contribution in [-0.2, 0) is 4.79 Å². The number of nitrogens with one attached hydrogen (secondary N) is 1. The van der Waals surface area contributed by atoms with E-state index >= 15 is 0 Å². The van der Waals surface area contributed by atoms with Gasteiger partial charge in [-0.25, -0.2) is 0 Å². The Morgan fingerprint density at radius 1 is 1.00 bits per heavy atom. The highest BCUT2D eigenvalue weighted by molar-refractivity contribution is 6.04. The number of hydrogen-bond donors (Lipinski definition) is 2. The van der Waals surface area contributed by atoms with Crippen LogP contribution in [0.1, 0.15) is 42.1 Å². The fourth-order valence-corrected chi connectivity index (χ4v) is 2.44. The number of rotatable bonds is 6. The van der Waals surface area contributed by atoms with Gasteiger partial charge in [0.2, 0.25) is 0 Å². The molecule has 0 saturated heterocycles. The van der Waals surface area contributed by atoms with Gasteiger partial charge in [-0.3, -0.25) is 9.59 Å². The number of carboxylic acid groups (broad SMARTS) is 1. The Labute approximate surface area is 136 Å². The van der Waals surface area contributed by atoms with E-state index in [1.807, 2.05) is 19.9 Å². The third-order valence-electron chi connectivity index (χ3n) is 3.61. The number of amides is 1. The predicted molar refractivity (Wildman–Crippen MR) is 90.7 cm³/mol. The number of carboxylic acids is 1. The summed E-state index contributed by atoms with van der Waals surface area (Å²) in [7, 11) is 0. The third-order valence-corrected chi connectivity index (χ3v) is 3.61. The zero-order chi connectivity index (χ0) is 16.8. The van der Waals surface area contributed by atoms with E-state index in [-0.39, 0.29) is 5.91 Å². The lowest BCUT2D eigenvalue weighted by molar-refractivity contribution is -0.139. The molecule has 0 spiro atoms. The van der Waals surface area contributed by atoms with Gasteiger partial charge in [0.05, 0.1) is 5.92 Å². The maximum Gasteiger partial charge on any atom is 0.310 e. The number of carbonyl (C=O) groups is 2. The minimum absolute atomic E-state index is 0.185. The highest BCUT2D eigenvalue weighted by atomic mass is 16.4. The normalized spacial score (nSPS) is 12.0. The summed E-state index contributed by atoms with van der Waals surface area (Å²) in [4.78, 5) is 23.5. The van der Waals surface area contributed by atoms with E-state index in [0.717, 1.165) is 5.56 Å². The van der Waals surface area contributed by atoms with E-state index in [2.05, 4.69) is 5.32 Å². The van der Waals surface area contributed by atoms with Crippen LogP contribution in [0.5, 0.6) is 0 Å². The molecule has 0 aliphatic carbocycles. The van der Waals surface area contributed by atoms with Crippen LogP contribution in [0.4, 0.5) is 5.69 Å². The molecule has 0 aliphatic rings. The molecule has 0 aromatic heterocycles. The van der Waals surface area contributed by atoms with E-state index in [1.165, 1.54) is 0 Å². The molecule has 0 radical (unpaired) electrons. The van der Waals surface area contributed by atoms with Crippen LogP contribution < -0.4 is 5.32 Å². The second-order valence-electron chi connectivity index (χ2n) is 5.96. The summed E-state index contributed by atoms with van der Waals surface area (Å²) in [5.74, 6) is -1.22. The summed E-state index contributed by atoms with van der Waals surface area (Å²) in [6.07, 6.45) is 0.588. The number of carbonyl (C=O) groups excluding carboxylic acids is 1. The molecule has 4 heteroatoms. The molecule has 1 unspecified atom stereocenters. The molecule has 0 saturated carbocycles. The first kappa shape index (κ1) is 16.7. The molecule has 1 atom stereocenters. The lowest BCUT2D eigenvalue weighted by Gasteiger charge is -2.15. The van der Waals surface area contributed by atoms with E-state index in [0.29, 0.717) is 23.6 Å². The van der Waals surface area contributed by atoms with Crippen molar-refractivity contribution >= 4 is 17.6 Å². The second-order valence-corrected chi connectivity index (χ2v) is 5.96. The minimum atomic E-state index is -0.820. The van der Waals surface area contributed by atoms with E-state index in [9.17, 15) is 14.7 Å². The van der Waals surface area contributed by atoms with E-state index in [1.54, 1.807) is 48.5 Å².